The smallest absolute Gasteiger partial charge is 0.241 e. The number of piperazine rings is 1. The van der Waals surface area contributed by atoms with Crippen LogP contribution in [0.2, 0.25) is 0 Å². The van der Waals surface area contributed by atoms with E-state index in [9.17, 15) is 4.79 Å². The lowest BCUT2D eigenvalue weighted by molar-refractivity contribution is -0.140. The van der Waals surface area contributed by atoms with Gasteiger partial charge in [-0.25, -0.2) is 0 Å². The number of carbonyl (C=O) groups excluding carboxylic acids is 1. The van der Waals surface area contributed by atoms with Gasteiger partial charge in [0, 0.05) is 31.7 Å². The van der Waals surface area contributed by atoms with Crippen LogP contribution < -0.4 is 4.74 Å². The third kappa shape index (κ3) is 5.25. The molecule has 0 spiro atoms. The standard InChI is InChI=1S/C23H33N5O3/c1-3-11-27-12-5-4-6-20(27)23(29)28-15-13-26(14-16-28)17-21-24-22(25-31-21)18-7-9-19(30-2)10-8-18/h7-10,20H,3-6,11-17H2,1-2H3. The molecule has 8 heteroatoms. The van der Waals surface area contributed by atoms with E-state index in [4.69, 9.17) is 9.26 Å². The normalized spacial score (nSPS) is 20.7. The van der Waals surface area contributed by atoms with Crippen molar-refractivity contribution in [2.45, 2.75) is 45.2 Å². The summed E-state index contributed by atoms with van der Waals surface area (Å²) in [7, 11) is 1.64. The molecule has 0 bridgehead atoms. The maximum Gasteiger partial charge on any atom is 0.241 e. The van der Waals surface area contributed by atoms with Gasteiger partial charge in [0.15, 0.2) is 0 Å². The second kappa shape index (κ2) is 10.2. The Morgan fingerprint density at radius 3 is 2.61 bits per heavy atom. The molecule has 1 aromatic carbocycles. The highest BCUT2D eigenvalue weighted by molar-refractivity contribution is 5.82. The minimum atomic E-state index is 0.0724. The number of methoxy groups -OCH3 is 1. The fourth-order valence-corrected chi connectivity index (χ4v) is 4.53. The van der Waals surface area contributed by atoms with Gasteiger partial charge >= 0.3 is 0 Å². The average molecular weight is 428 g/mol. The van der Waals surface area contributed by atoms with E-state index in [0.717, 1.165) is 69.8 Å². The van der Waals surface area contributed by atoms with Crippen LogP contribution in [0.5, 0.6) is 5.75 Å². The molecule has 1 atom stereocenters. The van der Waals surface area contributed by atoms with Crippen LogP contribution in [0.4, 0.5) is 0 Å². The first-order valence-electron chi connectivity index (χ1n) is 11.4. The second-order valence-electron chi connectivity index (χ2n) is 8.39. The lowest BCUT2D eigenvalue weighted by Crippen LogP contribution is -2.56. The number of benzene rings is 1. The molecule has 1 unspecified atom stereocenters. The molecule has 3 heterocycles. The summed E-state index contributed by atoms with van der Waals surface area (Å²) in [5, 5.41) is 4.11. The molecule has 2 fully saturated rings. The Balaban J connectivity index is 1.29. The van der Waals surface area contributed by atoms with Gasteiger partial charge in [-0.3, -0.25) is 14.6 Å². The zero-order chi connectivity index (χ0) is 21.6. The predicted molar refractivity (Wildman–Crippen MR) is 118 cm³/mol. The van der Waals surface area contributed by atoms with Gasteiger partial charge in [-0.05, 0) is 56.6 Å². The van der Waals surface area contributed by atoms with Crippen LogP contribution in [-0.4, -0.2) is 83.2 Å². The largest absolute Gasteiger partial charge is 0.497 e. The summed E-state index contributed by atoms with van der Waals surface area (Å²) in [5.41, 5.74) is 0.898. The summed E-state index contributed by atoms with van der Waals surface area (Å²) in [6.07, 6.45) is 4.46. The molecule has 31 heavy (non-hydrogen) atoms. The number of likely N-dealkylation sites (tertiary alicyclic amines) is 1. The van der Waals surface area contributed by atoms with E-state index in [1.54, 1.807) is 7.11 Å². The number of carbonyl (C=O) groups is 1. The van der Waals surface area contributed by atoms with Crippen molar-refractivity contribution in [1.29, 1.82) is 0 Å². The molecular weight excluding hydrogens is 394 g/mol. The van der Waals surface area contributed by atoms with Crippen LogP contribution >= 0.6 is 0 Å². The van der Waals surface area contributed by atoms with Crippen molar-refractivity contribution in [3.8, 4) is 17.1 Å². The summed E-state index contributed by atoms with van der Waals surface area (Å²) >= 11 is 0. The molecule has 2 aromatic rings. The molecule has 4 rings (SSSR count). The maximum absolute atomic E-state index is 13.1. The lowest BCUT2D eigenvalue weighted by atomic mass is 10.00. The monoisotopic (exact) mass is 427 g/mol. The van der Waals surface area contributed by atoms with Crippen molar-refractivity contribution in [2.24, 2.45) is 0 Å². The summed E-state index contributed by atoms with van der Waals surface area (Å²) in [6, 6.07) is 7.68. The zero-order valence-corrected chi connectivity index (χ0v) is 18.6. The van der Waals surface area contributed by atoms with Crippen molar-refractivity contribution in [3.63, 3.8) is 0 Å². The van der Waals surface area contributed by atoms with E-state index < -0.39 is 0 Å². The Labute approximate surface area is 184 Å². The lowest BCUT2D eigenvalue weighted by Gasteiger charge is -2.40. The molecular formula is C23H33N5O3. The van der Waals surface area contributed by atoms with Crippen LogP contribution in [0.3, 0.4) is 0 Å². The number of ether oxygens (including phenoxy) is 1. The Kier molecular flexibility index (Phi) is 7.19. The first-order valence-corrected chi connectivity index (χ1v) is 11.4. The molecule has 0 aliphatic carbocycles. The first-order chi connectivity index (χ1) is 15.2. The second-order valence-corrected chi connectivity index (χ2v) is 8.39. The van der Waals surface area contributed by atoms with Crippen molar-refractivity contribution < 1.29 is 14.1 Å². The van der Waals surface area contributed by atoms with Gasteiger partial charge in [0.2, 0.25) is 17.6 Å². The predicted octanol–water partition coefficient (Wildman–Crippen LogP) is 2.65. The highest BCUT2D eigenvalue weighted by atomic mass is 16.5. The van der Waals surface area contributed by atoms with E-state index in [2.05, 4.69) is 26.9 Å². The number of hydrogen-bond donors (Lipinski definition) is 0. The summed E-state index contributed by atoms with van der Waals surface area (Å²) in [5.74, 6) is 2.30. The van der Waals surface area contributed by atoms with Crippen molar-refractivity contribution >= 4 is 5.91 Å². The number of amides is 1. The molecule has 0 N–H and O–H groups in total. The molecule has 2 aliphatic rings. The molecule has 168 valence electrons. The molecule has 8 nitrogen and oxygen atoms in total. The molecule has 1 aromatic heterocycles. The molecule has 0 radical (unpaired) electrons. The van der Waals surface area contributed by atoms with Crippen LogP contribution in [0.1, 0.15) is 38.5 Å². The summed E-state index contributed by atoms with van der Waals surface area (Å²) in [6.45, 7) is 8.04. The number of hydrogen-bond acceptors (Lipinski definition) is 7. The van der Waals surface area contributed by atoms with E-state index in [0.29, 0.717) is 24.2 Å². The number of aromatic nitrogens is 2. The van der Waals surface area contributed by atoms with Crippen molar-refractivity contribution in [2.75, 3.05) is 46.4 Å². The minimum Gasteiger partial charge on any atom is -0.497 e. The Bertz CT molecular complexity index is 843. The fraction of sp³-hybridized carbons (Fsp3) is 0.609. The van der Waals surface area contributed by atoms with Gasteiger partial charge in [0.1, 0.15) is 5.75 Å². The summed E-state index contributed by atoms with van der Waals surface area (Å²) < 4.78 is 10.7. The van der Waals surface area contributed by atoms with Gasteiger partial charge in [0.05, 0.1) is 19.7 Å². The molecule has 1 amide bonds. The van der Waals surface area contributed by atoms with Gasteiger partial charge in [-0.2, -0.15) is 4.98 Å². The SMILES string of the molecule is CCCN1CCCCC1C(=O)N1CCN(Cc2nc(-c3ccc(OC)cc3)no2)CC1. The molecule has 0 saturated carbocycles. The third-order valence-corrected chi connectivity index (χ3v) is 6.27. The minimum absolute atomic E-state index is 0.0724. The van der Waals surface area contributed by atoms with Crippen LogP contribution in [0.15, 0.2) is 28.8 Å². The number of rotatable bonds is 7. The Morgan fingerprint density at radius 2 is 1.90 bits per heavy atom. The third-order valence-electron chi connectivity index (χ3n) is 6.27. The van der Waals surface area contributed by atoms with E-state index in [-0.39, 0.29) is 6.04 Å². The number of nitrogens with zero attached hydrogens (tertiary/aromatic N) is 5. The maximum atomic E-state index is 13.1. The van der Waals surface area contributed by atoms with Gasteiger partial charge in [-0.1, -0.05) is 18.5 Å². The summed E-state index contributed by atoms with van der Waals surface area (Å²) in [4.78, 5) is 24.4. The molecule has 2 aliphatic heterocycles. The topological polar surface area (TPSA) is 74.9 Å². The van der Waals surface area contributed by atoms with Crippen molar-refractivity contribution in [3.05, 3.63) is 30.2 Å². The zero-order valence-electron chi connectivity index (χ0n) is 18.6. The van der Waals surface area contributed by atoms with Gasteiger partial charge in [0.25, 0.3) is 0 Å². The van der Waals surface area contributed by atoms with Crippen LogP contribution in [0.25, 0.3) is 11.4 Å². The average Bonchev–Trinajstić information content (AvgIpc) is 3.28. The highest BCUT2D eigenvalue weighted by Crippen LogP contribution is 2.22. The molecule has 2 saturated heterocycles. The van der Waals surface area contributed by atoms with Gasteiger partial charge < -0.3 is 14.2 Å². The Morgan fingerprint density at radius 1 is 1.13 bits per heavy atom. The van der Waals surface area contributed by atoms with Gasteiger partial charge in [-0.15, -0.1) is 0 Å². The first kappa shape index (κ1) is 21.8. The Hall–Kier alpha value is -2.45. The van der Waals surface area contributed by atoms with E-state index in [1.807, 2.05) is 29.2 Å². The quantitative estimate of drug-likeness (QED) is 0.672. The number of piperidine rings is 1. The van der Waals surface area contributed by atoms with Crippen LogP contribution in [-0.2, 0) is 11.3 Å². The van der Waals surface area contributed by atoms with Crippen molar-refractivity contribution in [1.82, 2.24) is 24.8 Å². The fourth-order valence-electron chi connectivity index (χ4n) is 4.53. The van der Waals surface area contributed by atoms with Crippen LogP contribution in [0, 0.1) is 0 Å². The van der Waals surface area contributed by atoms with E-state index >= 15 is 0 Å². The van der Waals surface area contributed by atoms with E-state index in [1.165, 1.54) is 6.42 Å². The highest BCUT2D eigenvalue weighted by Gasteiger charge is 2.33.